The van der Waals surface area contributed by atoms with Crippen molar-refractivity contribution < 1.29 is 14.4 Å². The first-order valence-corrected chi connectivity index (χ1v) is 13.4. The van der Waals surface area contributed by atoms with Gasteiger partial charge < -0.3 is 15.1 Å². The van der Waals surface area contributed by atoms with Crippen molar-refractivity contribution in [3.63, 3.8) is 0 Å². The molecule has 0 bridgehead atoms. The fourth-order valence-corrected chi connectivity index (χ4v) is 4.57. The zero-order valence-corrected chi connectivity index (χ0v) is 23.6. The van der Waals surface area contributed by atoms with Gasteiger partial charge in [-0.25, -0.2) is 0 Å². The SMILES string of the molecule is C#CCN(C)C(=O)CN1CCN(C(=O)C(C)(C)NC(=O)C/C=C/c2ccc(Cc3ccccc3C)cc2)CC1. The number of carbonyl (C=O) groups is 3. The van der Waals surface area contributed by atoms with Crippen LogP contribution in [0.4, 0.5) is 0 Å². The maximum atomic E-state index is 13.1. The van der Waals surface area contributed by atoms with E-state index < -0.39 is 5.54 Å². The van der Waals surface area contributed by atoms with E-state index in [9.17, 15) is 14.4 Å². The minimum absolute atomic E-state index is 0.0356. The Morgan fingerprint density at radius 3 is 2.36 bits per heavy atom. The topological polar surface area (TPSA) is 73.0 Å². The molecule has 1 aliphatic heterocycles. The van der Waals surface area contributed by atoms with E-state index in [4.69, 9.17) is 6.42 Å². The summed E-state index contributed by atoms with van der Waals surface area (Å²) in [4.78, 5) is 43.3. The van der Waals surface area contributed by atoms with Crippen molar-refractivity contribution in [2.45, 2.75) is 39.2 Å². The lowest BCUT2D eigenvalue weighted by Gasteiger charge is -2.38. The first-order chi connectivity index (χ1) is 18.6. The van der Waals surface area contributed by atoms with E-state index in [1.54, 1.807) is 25.8 Å². The van der Waals surface area contributed by atoms with Gasteiger partial charge in [-0.3, -0.25) is 19.3 Å². The fraction of sp³-hybridized carbons (Fsp3) is 0.406. The third kappa shape index (κ3) is 8.83. The van der Waals surface area contributed by atoms with Crippen LogP contribution in [0.1, 0.15) is 42.5 Å². The van der Waals surface area contributed by atoms with Crippen LogP contribution in [0.3, 0.4) is 0 Å². The van der Waals surface area contributed by atoms with Crippen LogP contribution in [0.15, 0.2) is 54.6 Å². The lowest BCUT2D eigenvalue weighted by molar-refractivity contribution is -0.142. The first kappa shape index (κ1) is 29.7. The summed E-state index contributed by atoms with van der Waals surface area (Å²) in [5.41, 5.74) is 3.84. The van der Waals surface area contributed by atoms with Crippen LogP contribution in [0, 0.1) is 19.3 Å². The van der Waals surface area contributed by atoms with E-state index in [0.717, 1.165) is 12.0 Å². The van der Waals surface area contributed by atoms with Gasteiger partial charge in [0.25, 0.3) is 0 Å². The molecule has 2 aromatic rings. The van der Waals surface area contributed by atoms with Gasteiger partial charge in [0.15, 0.2) is 0 Å². The predicted octanol–water partition coefficient (Wildman–Crippen LogP) is 3.12. The van der Waals surface area contributed by atoms with Gasteiger partial charge in [-0.15, -0.1) is 6.42 Å². The van der Waals surface area contributed by atoms with Crippen molar-refractivity contribution in [2.75, 3.05) is 46.3 Å². The van der Waals surface area contributed by atoms with Crippen LogP contribution in [-0.2, 0) is 20.8 Å². The van der Waals surface area contributed by atoms with Crippen molar-refractivity contribution in [3.05, 3.63) is 76.9 Å². The number of hydrogen-bond acceptors (Lipinski definition) is 4. The molecule has 0 radical (unpaired) electrons. The summed E-state index contributed by atoms with van der Waals surface area (Å²) in [6.45, 7) is 8.34. The predicted molar refractivity (Wildman–Crippen MR) is 156 cm³/mol. The summed E-state index contributed by atoms with van der Waals surface area (Å²) < 4.78 is 0. The molecule has 1 fully saturated rings. The number of aryl methyl sites for hydroxylation is 1. The number of amides is 3. The molecule has 0 aliphatic carbocycles. The maximum Gasteiger partial charge on any atom is 0.247 e. The standard InChI is InChI=1S/C32H40N4O3/c1-6-18-34(5)30(38)24-35-19-21-36(22-20-35)31(39)32(3,4)33-29(37)13-9-11-26-14-16-27(17-15-26)23-28-12-8-7-10-25(28)2/h1,7-12,14-17H,13,18-24H2,2-5H3,(H,33,37)/b11-9+. The zero-order chi connectivity index (χ0) is 28.4. The summed E-state index contributed by atoms with van der Waals surface area (Å²) in [5, 5.41) is 2.88. The molecule has 0 aromatic heterocycles. The molecule has 3 rings (SSSR count). The van der Waals surface area contributed by atoms with Crippen molar-refractivity contribution in [1.29, 1.82) is 0 Å². The molecule has 0 saturated carbocycles. The molecular formula is C32H40N4O3. The minimum Gasteiger partial charge on any atom is -0.342 e. The Balaban J connectivity index is 1.44. The van der Waals surface area contributed by atoms with E-state index >= 15 is 0 Å². The Morgan fingerprint density at radius 2 is 1.72 bits per heavy atom. The number of terminal acetylenes is 1. The number of carbonyl (C=O) groups excluding carboxylic acids is 3. The average Bonchev–Trinajstić information content (AvgIpc) is 2.91. The van der Waals surface area contributed by atoms with Crippen molar-refractivity contribution in [1.82, 2.24) is 20.0 Å². The summed E-state index contributed by atoms with van der Waals surface area (Å²) >= 11 is 0. The van der Waals surface area contributed by atoms with Crippen molar-refractivity contribution in [3.8, 4) is 12.3 Å². The zero-order valence-electron chi connectivity index (χ0n) is 23.6. The lowest BCUT2D eigenvalue weighted by Crippen LogP contribution is -2.60. The Morgan fingerprint density at radius 1 is 1.05 bits per heavy atom. The second-order valence-electron chi connectivity index (χ2n) is 10.6. The Bertz CT molecular complexity index is 1220. The molecule has 2 aromatic carbocycles. The second-order valence-corrected chi connectivity index (χ2v) is 10.6. The number of rotatable bonds is 10. The number of piperazine rings is 1. The van der Waals surface area contributed by atoms with Gasteiger partial charge in [-0.2, -0.15) is 0 Å². The van der Waals surface area contributed by atoms with Gasteiger partial charge in [0, 0.05) is 39.6 Å². The molecule has 7 nitrogen and oxygen atoms in total. The number of likely N-dealkylation sites (N-methyl/N-ethyl adjacent to an activating group) is 1. The number of nitrogens with one attached hydrogen (secondary N) is 1. The largest absolute Gasteiger partial charge is 0.342 e. The van der Waals surface area contributed by atoms with Gasteiger partial charge in [0.05, 0.1) is 13.1 Å². The van der Waals surface area contributed by atoms with Crippen LogP contribution in [0.2, 0.25) is 0 Å². The van der Waals surface area contributed by atoms with Gasteiger partial charge in [0.1, 0.15) is 5.54 Å². The van der Waals surface area contributed by atoms with Crippen LogP contribution < -0.4 is 5.32 Å². The van der Waals surface area contributed by atoms with Gasteiger partial charge in [0.2, 0.25) is 17.7 Å². The molecule has 1 saturated heterocycles. The first-order valence-electron chi connectivity index (χ1n) is 13.4. The summed E-state index contributed by atoms with van der Waals surface area (Å²) in [7, 11) is 1.69. The molecule has 1 heterocycles. The number of hydrogen-bond donors (Lipinski definition) is 1. The maximum absolute atomic E-state index is 13.1. The second kappa shape index (κ2) is 13.8. The molecular weight excluding hydrogens is 488 g/mol. The van der Waals surface area contributed by atoms with Crippen LogP contribution in [0.25, 0.3) is 6.08 Å². The molecule has 0 atom stereocenters. The van der Waals surface area contributed by atoms with Gasteiger partial charge >= 0.3 is 0 Å². The monoisotopic (exact) mass is 528 g/mol. The fourth-order valence-electron chi connectivity index (χ4n) is 4.57. The summed E-state index contributed by atoms with van der Waals surface area (Å²) in [5.74, 6) is 2.10. The quantitative estimate of drug-likeness (QED) is 0.481. The average molecular weight is 529 g/mol. The molecule has 1 aliphatic rings. The summed E-state index contributed by atoms with van der Waals surface area (Å²) in [6, 6.07) is 16.7. The third-order valence-electron chi connectivity index (χ3n) is 7.01. The van der Waals surface area contributed by atoms with Crippen LogP contribution in [-0.4, -0.2) is 84.3 Å². The van der Waals surface area contributed by atoms with Gasteiger partial charge in [-0.05, 0) is 49.4 Å². The van der Waals surface area contributed by atoms with E-state index in [-0.39, 0.29) is 37.2 Å². The van der Waals surface area contributed by atoms with E-state index in [1.807, 2.05) is 17.1 Å². The van der Waals surface area contributed by atoms with E-state index in [2.05, 4.69) is 66.7 Å². The highest BCUT2D eigenvalue weighted by Gasteiger charge is 2.35. The molecule has 206 valence electrons. The molecule has 3 amide bonds. The highest BCUT2D eigenvalue weighted by atomic mass is 16.2. The Kier molecular flexibility index (Phi) is 10.5. The molecule has 0 unspecified atom stereocenters. The smallest absolute Gasteiger partial charge is 0.247 e. The normalized spacial score (nSPS) is 14.2. The Hall–Kier alpha value is -3.89. The number of nitrogens with zero attached hydrogens (tertiary/aromatic N) is 3. The van der Waals surface area contributed by atoms with Crippen molar-refractivity contribution >= 4 is 23.8 Å². The van der Waals surface area contributed by atoms with Crippen LogP contribution in [0.5, 0.6) is 0 Å². The number of benzene rings is 2. The van der Waals surface area contributed by atoms with Gasteiger partial charge in [-0.1, -0.05) is 66.6 Å². The highest BCUT2D eigenvalue weighted by Crippen LogP contribution is 2.16. The summed E-state index contributed by atoms with van der Waals surface area (Å²) in [6.07, 6.45) is 10.1. The molecule has 39 heavy (non-hydrogen) atoms. The van der Waals surface area contributed by atoms with E-state index in [0.29, 0.717) is 26.2 Å². The molecule has 7 heteroatoms. The van der Waals surface area contributed by atoms with Crippen LogP contribution >= 0.6 is 0 Å². The lowest BCUT2D eigenvalue weighted by atomic mass is 10.00. The molecule has 1 N–H and O–H groups in total. The third-order valence-corrected chi connectivity index (χ3v) is 7.01. The van der Waals surface area contributed by atoms with Crippen molar-refractivity contribution in [2.24, 2.45) is 0 Å². The Labute approximate surface area is 232 Å². The molecule has 0 spiro atoms. The highest BCUT2D eigenvalue weighted by molar-refractivity contribution is 5.91. The van der Waals surface area contributed by atoms with E-state index in [1.165, 1.54) is 21.6 Å². The minimum atomic E-state index is -1.02.